The van der Waals surface area contributed by atoms with Crippen LogP contribution in [0.15, 0.2) is 0 Å². The molecule has 0 aromatic carbocycles. The summed E-state index contributed by atoms with van der Waals surface area (Å²) in [5, 5.41) is 3.75. The third-order valence-electron chi connectivity index (χ3n) is 5.15. The molecule has 1 N–H and O–H groups in total. The predicted molar refractivity (Wildman–Crippen MR) is 90.2 cm³/mol. The minimum atomic E-state index is 0.469. The van der Waals surface area contributed by atoms with Crippen LogP contribution in [0.3, 0.4) is 0 Å². The average molecular weight is 283 g/mol. The molecule has 0 aromatic rings. The van der Waals surface area contributed by atoms with E-state index in [9.17, 15) is 0 Å². The van der Waals surface area contributed by atoms with Gasteiger partial charge in [-0.15, -0.1) is 0 Å². The zero-order chi connectivity index (χ0) is 15.2. The standard InChI is InChI=1S/C18H38N2/c1-7-12-20(9-3)14-15-13-16(18(4,5)6)10-11-17(15)19-8-2/h15-17,19H,7-14H2,1-6H3. The topological polar surface area (TPSA) is 15.3 Å². The van der Waals surface area contributed by atoms with Crippen molar-refractivity contribution in [1.29, 1.82) is 0 Å². The molecule has 3 atom stereocenters. The number of nitrogens with zero attached hydrogens (tertiary/aromatic N) is 1. The summed E-state index contributed by atoms with van der Waals surface area (Å²) in [4.78, 5) is 2.65. The van der Waals surface area contributed by atoms with Crippen molar-refractivity contribution < 1.29 is 0 Å². The molecule has 0 heterocycles. The number of hydrogen-bond donors (Lipinski definition) is 1. The number of rotatable bonds is 7. The highest BCUT2D eigenvalue weighted by atomic mass is 15.1. The van der Waals surface area contributed by atoms with Crippen molar-refractivity contribution >= 4 is 0 Å². The zero-order valence-corrected chi connectivity index (χ0v) is 14.8. The molecule has 1 saturated carbocycles. The van der Waals surface area contributed by atoms with Crippen LogP contribution in [0.25, 0.3) is 0 Å². The number of nitrogens with one attached hydrogen (secondary N) is 1. The maximum atomic E-state index is 3.75. The smallest absolute Gasteiger partial charge is 0.0108 e. The van der Waals surface area contributed by atoms with Crippen molar-refractivity contribution in [2.24, 2.45) is 17.3 Å². The lowest BCUT2D eigenvalue weighted by atomic mass is 9.67. The van der Waals surface area contributed by atoms with Gasteiger partial charge in [-0.05, 0) is 62.6 Å². The van der Waals surface area contributed by atoms with Gasteiger partial charge in [0.1, 0.15) is 0 Å². The van der Waals surface area contributed by atoms with Crippen molar-refractivity contribution in [3.63, 3.8) is 0 Å². The summed E-state index contributed by atoms with van der Waals surface area (Å²) in [5.41, 5.74) is 0.469. The maximum absolute atomic E-state index is 3.75. The molecule has 2 nitrogen and oxygen atoms in total. The van der Waals surface area contributed by atoms with E-state index in [1.165, 1.54) is 45.3 Å². The van der Waals surface area contributed by atoms with Gasteiger partial charge in [0.25, 0.3) is 0 Å². The summed E-state index contributed by atoms with van der Waals surface area (Å²) in [6.45, 7) is 19.0. The van der Waals surface area contributed by atoms with Crippen LogP contribution in [-0.2, 0) is 0 Å². The van der Waals surface area contributed by atoms with Gasteiger partial charge < -0.3 is 10.2 Å². The molecular formula is C18H38N2. The Hall–Kier alpha value is -0.0800. The maximum Gasteiger partial charge on any atom is 0.0108 e. The van der Waals surface area contributed by atoms with E-state index in [1.54, 1.807) is 0 Å². The quantitative estimate of drug-likeness (QED) is 0.754. The fourth-order valence-corrected chi connectivity index (χ4v) is 3.81. The summed E-state index contributed by atoms with van der Waals surface area (Å²) < 4.78 is 0. The van der Waals surface area contributed by atoms with Gasteiger partial charge in [-0.2, -0.15) is 0 Å². The second kappa shape index (κ2) is 8.38. The first kappa shape index (κ1) is 18.0. The molecule has 120 valence electrons. The SMILES string of the molecule is CCCN(CC)CC1CC(C(C)(C)C)CCC1NCC. The summed E-state index contributed by atoms with van der Waals surface area (Å²) in [5.74, 6) is 1.72. The van der Waals surface area contributed by atoms with Gasteiger partial charge in [-0.1, -0.05) is 41.5 Å². The van der Waals surface area contributed by atoms with Crippen molar-refractivity contribution in [1.82, 2.24) is 10.2 Å². The van der Waals surface area contributed by atoms with Crippen LogP contribution in [0.1, 0.15) is 67.2 Å². The van der Waals surface area contributed by atoms with Gasteiger partial charge in [-0.25, -0.2) is 0 Å². The molecule has 20 heavy (non-hydrogen) atoms. The molecule has 2 heteroatoms. The number of hydrogen-bond acceptors (Lipinski definition) is 2. The van der Waals surface area contributed by atoms with E-state index in [2.05, 4.69) is 51.8 Å². The van der Waals surface area contributed by atoms with E-state index in [-0.39, 0.29) is 0 Å². The fourth-order valence-electron chi connectivity index (χ4n) is 3.81. The van der Waals surface area contributed by atoms with Crippen LogP contribution >= 0.6 is 0 Å². The Morgan fingerprint density at radius 1 is 1.10 bits per heavy atom. The van der Waals surface area contributed by atoms with Crippen LogP contribution in [0, 0.1) is 17.3 Å². The minimum absolute atomic E-state index is 0.469. The van der Waals surface area contributed by atoms with E-state index in [1.807, 2.05) is 0 Å². The molecular weight excluding hydrogens is 244 g/mol. The highest BCUT2D eigenvalue weighted by Gasteiger charge is 2.35. The largest absolute Gasteiger partial charge is 0.314 e. The first-order chi connectivity index (χ1) is 9.42. The Balaban J connectivity index is 2.67. The third kappa shape index (κ3) is 5.37. The molecule has 3 unspecified atom stereocenters. The molecule has 0 bridgehead atoms. The lowest BCUT2D eigenvalue weighted by Crippen LogP contribution is -2.47. The lowest BCUT2D eigenvalue weighted by molar-refractivity contribution is 0.0890. The predicted octanol–water partition coefficient (Wildman–Crippen LogP) is 4.16. The summed E-state index contributed by atoms with van der Waals surface area (Å²) >= 11 is 0. The van der Waals surface area contributed by atoms with Gasteiger partial charge in [0.2, 0.25) is 0 Å². The lowest BCUT2D eigenvalue weighted by Gasteiger charge is -2.43. The Bertz CT molecular complexity index is 257. The fraction of sp³-hybridized carbons (Fsp3) is 1.00. The van der Waals surface area contributed by atoms with Gasteiger partial charge in [0.05, 0.1) is 0 Å². The van der Waals surface area contributed by atoms with Gasteiger partial charge >= 0.3 is 0 Å². The van der Waals surface area contributed by atoms with Crippen molar-refractivity contribution in [3.05, 3.63) is 0 Å². The average Bonchev–Trinajstić information content (AvgIpc) is 2.39. The normalized spacial score (nSPS) is 28.1. The van der Waals surface area contributed by atoms with Crippen LogP contribution in [0.2, 0.25) is 0 Å². The van der Waals surface area contributed by atoms with E-state index >= 15 is 0 Å². The van der Waals surface area contributed by atoms with Crippen LogP contribution < -0.4 is 5.32 Å². The van der Waals surface area contributed by atoms with E-state index in [0.717, 1.165) is 24.4 Å². The summed E-state index contributed by atoms with van der Waals surface area (Å²) in [6, 6.07) is 0.740. The second-order valence-electron chi connectivity index (χ2n) is 7.69. The highest BCUT2D eigenvalue weighted by Crippen LogP contribution is 2.40. The highest BCUT2D eigenvalue weighted by molar-refractivity contribution is 4.90. The molecule has 1 aliphatic carbocycles. The molecule has 0 amide bonds. The summed E-state index contributed by atoms with van der Waals surface area (Å²) in [6.07, 6.45) is 5.44. The van der Waals surface area contributed by atoms with Gasteiger partial charge in [0, 0.05) is 12.6 Å². The van der Waals surface area contributed by atoms with Gasteiger partial charge in [-0.3, -0.25) is 0 Å². The molecule has 0 spiro atoms. The Labute approximate surface area is 127 Å². The molecule has 0 aliphatic heterocycles. The Morgan fingerprint density at radius 3 is 2.30 bits per heavy atom. The third-order valence-corrected chi connectivity index (χ3v) is 5.15. The molecule has 0 saturated heterocycles. The Kier molecular flexibility index (Phi) is 7.53. The molecule has 1 rings (SSSR count). The van der Waals surface area contributed by atoms with Gasteiger partial charge in [0.15, 0.2) is 0 Å². The van der Waals surface area contributed by atoms with Crippen molar-refractivity contribution in [3.8, 4) is 0 Å². The minimum Gasteiger partial charge on any atom is -0.314 e. The van der Waals surface area contributed by atoms with E-state index in [0.29, 0.717) is 5.41 Å². The second-order valence-corrected chi connectivity index (χ2v) is 7.69. The van der Waals surface area contributed by atoms with Crippen LogP contribution in [0.5, 0.6) is 0 Å². The van der Waals surface area contributed by atoms with Crippen molar-refractivity contribution in [2.45, 2.75) is 73.3 Å². The van der Waals surface area contributed by atoms with Crippen LogP contribution in [0.4, 0.5) is 0 Å². The summed E-state index contributed by atoms with van der Waals surface area (Å²) in [7, 11) is 0. The molecule has 1 fully saturated rings. The molecule has 0 radical (unpaired) electrons. The first-order valence-electron chi connectivity index (χ1n) is 8.88. The van der Waals surface area contributed by atoms with Crippen LogP contribution in [-0.4, -0.2) is 37.1 Å². The van der Waals surface area contributed by atoms with E-state index < -0.39 is 0 Å². The zero-order valence-electron chi connectivity index (χ0n) is 14.8. The first-order valence-corrected chi connectivity index (χ1v) is 8.88. The van der Waals surface area contributed by atoms with E-state index in [4.69, 9.17) is 0 Å². The monoisotopic (exact) mass is 282 g/mol. The molecule has 0 aromatic heterocycles. The van der Waals surface area contributed by atoms with Crippen molar-refractivity contribution in [2.75, 3.05) is 26.2 Å². The molecule has 1 aliphatic rings. The Morgan fingerprint density at radius 2 is 1.80 bits per heavy atom.